The minimum absolute atomic E-state index is 0.321. The van der Waals surface area contributed by atoms with Gasteiger partial charge in [0.25, 0.3) is 0 Å². The Bertz CT molecular complexity index is 217. The minimum atomic E-state index is -1.27. The normalized spacial score (nSPS) is 11.5. The molecule has 0 aromatic carbocycles. The zero-order valence-electron chi connectivity index (χ0n) is 10.4. The van der Waals surface area contributed by atoms with E-state index in [1.54, 1.807) is 0 Å². The van der Waals surface area contributed by atoms with Crippen LogP contribution in [0.5, 0.6) is 0 Å². The van der Waals surface area contributed by atoms with Gasteiger partial charge in [-0.1, -0.05) is 26.6 Å². The van der Waals surface area contributed by atoms with Crippen LogP contribution in [0, 0.1) is 0 Å². The molecule has 0 amide bonds. The SMILES string of the molecule is C=CC(=O)OCCC[Si](C)(C)N(C)CC. The molecule has 4 heteroatoms. The summed E-state index contributed by atoms with van der Waals surface area (Å²) >= 11 is 0. The zero-order valence-corrected chi connectivity index (χ0v) is 11.4. The molecule has 0 aliphatic rings. The van der Waals surface area contributed by atoms with Crippen molar-refractivity contribution >= 4 is 14.2 Å². The molecule has 0 fully saturated rings. The lowest BCUT2D eigenvalue weighted by Crippen LogP contribution is -2.45. The van der Waals surface area contributed by atoms with Gasteiger partial charge in [-0.3, -0.25) is 0 Å². The maximum absolute atomic E-state index is 10.8. The molecule has 0 saturated carbocycles. The summed E-state index contributed by atoms with van der Waals surface area (Å²) in [5.41, 5.74) is 0. The first-order valence-electron chi connectivity index (χ1n) is 5.44. The first-order chi connectivity index (χ1) is 6.94. The van der Waals surface area contributed by atoms with E-state index in [0.717, 1.165) is 19.0 Å². The molecular formula is C11H23NO2Si. The van der Waals surface area contributed by atoms with Crippen LogP contribution in [0.15, 0.2) is 12.7 Å². The lowest BCUT2D eigenvalue weighted by Gasteiger charge is -2.32. The molecule has 0 aromatic heterocycles. The van der Waals surface area contributed by atoms with E-state index in [1.165, 1.54) is 6.08 Å². The monoisotopic (exact) mass is 229 g/mol. The number of ether oxygens (including phenoxy) is 1. The average molecular weight is 229 g/mol. The van der Waals surface area contributed by atoms with Gasteiger partial charge in [0.2, 0.25) is 0 Å². The predicted molar refractivity (Wildman–Crippen MR) is 66.4 cm³/mol. The van der Waals surface area contributed by atoms with Crippen molar-refractivity contribution in [2.45, 2.75) is 32.5 Å². The standard InChI is InChI=1S/C11H23NO2Si/c1-6-11(13)14-9-8-10-15(4,5)12(3)7-2/h6H,1,7-10H2,2-5H3. The Morgan fingerprint density at radius 3 is 2.60 bits per heavy atom. The highest BCUT2D eigenvalue weighted by Gasteiger charge is 2.24. The van der Waals surface area contributed by atoms with Gasteiger partial charge in [0.1, 0.15) is 8.24 Å². The largest absolute Gasteiger partial charge is 0.463 e. The van der Waals surface area contributed by atoms with Crippen molar-refractivity contribution in [1.29, 1.82) is 0 Å². The highest BCUT2D eigenvalue weighted by molar-refractivity contribution is 6.74. The van der Waals surface area contributed by atoms with Crippen molar-refractivity contribution in [3.8, 4) is 0 Å². The van der Waals surface area contributed by atoms with E-state index in [2.05, 4.69) is 38.2 Å². The Morgan fingerprint density at radius 1 is 1.53 bits per heavy atom. The van der Waals surface area contributed by atoms with E-state index in [1.807, 2.05) is 0 Å². The third kappa shape index (κ3) is 5.74. The third-order valence-electron chi connectivity index (χ3n) is 2.85. The van der Waals surface area contributed by atoms with Crippen molar-refractivity contribution in [1.82, 2.24) is 4.57 Å². The van der Waals surface area contributed by atoms with Crippen molar-refractivity contribution in [2.24, 2.45) is 0 Å². The molecule has 0 aliphatic heterocycles. The molecule has 0 aromatic rings. The van der Waals surface area contributed by atoms with E-state index in [-0.39, 0.29) is 5.97 Å². The van der Waals surface area contributed by atoms with Gasteiger partial charge in [0.15, 0.2) is 0 Å². The van der Waals surface area contributed by atoms with Crippen LogP contribution in [0.3, 0.4) is 0 Å². The molecule has 0 saturated heterocycles. The molecule has 0 N–H and O–H groups in total. The maximum atomic E-state index is 10.8. The lowest BCUT2D eigenvalue weighted by atomic mass is 10.5. The Morgan fingerprint density at radius 2 is 2.13 bits per heavy atom. The third-order valence-corrected chi connectivity index (χ3v) is 6.81. The van der Waals surface area contributed by atoms with E-state index < -0.39 is 8.24 Å². The van der Waals surface area contributed by atoms with Crippen LogP contribution in [0.2, 0.25) is 19.1 Å². The molecule has 0 bridgehead atoms. The van der Waals surface area contributed by atoms with Crippen LogP contribution in [0.25, 0.3) is 0 Å². The van der Waals surface area contributed by atoms with Gasteiger partial charge in [-0.15, -0.1) is 0 Å². The summed E-state index contributed by atoms with van der Waals surface area (Å²) in [5.74, 6) is -0.321. The summed E-state index contributed by atoms with van der Waals surface area (Å²) in [4.78, 5) is 10.8. The molecule has 3 nitrogen and oxygen atoms in total. The molecule has 0 aliphatic carbocycles. The van der Waals surface area contributed by atoms with Crippen molar-refractivity contribution < 1.29 is 9.53 Å². The highest BCUT2D eigenvalue weighted by atomic mass is 28.3. The summed E-state index contributed by atoms with van der Waals surface area (Å²) in [6.07, 6.45) is 2.16. The van der Waals surface area contributed by atoms with Gasteiger partial charge in [0, 0.05) is 6.08 Å². The molecule has 88 valence electrons. The van der Waals surface area contributed by atoms with Gasteiger partial charge < -0.3 is 9.30 Å². The molecule has 0 heterocycles. The van der Waals surface area contributed by atoms with E-state index >= 15 is 0 Å². The van der Waals surface area contributed by atoms with Crippen LogP contribution in [0.4, 0.5) is 0 Å². The predicted octanol–water partition coefficient (Wildman–Crippen LogP) is 2.26. The smallest absolute Gasteiger partial charge is 0.330 e. The van der Waals surface area contributed by atoms with Gasteiger partial charge in [-0.2, -0.15) is 0 Å². The van der Waals surface area contributed by atoms with Crippen molar-refractivity contribution in [2.75, 3.05) is 20.2 Å². The second-order valence-electron chi connectivity index (χ2n) is 4.30. The topological polar surface area (TPSA) is 29.5 Å². The van der Waals surface area contributed by atoms with E-state index in [9.17, 15) is 4.79 Å². The highest BCUT2D eigenvalue weighted by Crippen LogP contribution is 2.15. The fourth-order valence-electron chi connectivity index (χ4n) is 1.36. The Labute approximate surface area is 94.2 Å². The first-order valence-corrected chi connectivity index (χ1v) is 8.60. The molecule has 0 unspecified atom stereocenters. The maximum Gasteiger partial charge on any atom is 0.330 e. The van der Waals surface area contributed by atoms with Crippen LogP contribution in [0.1, 0.15) is 13.3 Å². The zero-order chi connectivity index (χ0) is 11.9. The number of rotatable bonds is 7. The summed E-state index contributed by atoms with van der Waals surface area (Å²) in [7, 11) is 0.896. The average Bonchev–Trinajstić information content (AvgIpc) is 2.22. The number of nitrogens with zero attached hydrogens (tertiary/aromatic N) is 1. The fourth-order valence-corrected chi connectivity index (χ4v) is 3.60. The van der Waals surface area contributed by atoms with E-state index in [4.69, 9.17) is 4.74 Å². The Balaban J connectivity index is 3.75. The van der Waals surface area contributed by atoms with Crippen LogP contribution in [-0.4, -0.2) is 39.0 Å². The molecule has 0 radical (unpaired) electrons. The van der Waals surface area contributed by atoms with Gasteiger partial charge in [0.05, 0.1) is 6.61 Å². The van der Waals surface area contributed by atoms with Crippen LogP contribution >= 0.6 is 0 Å². The minimum Gasteiger partial charge on any atom is -0.463 e. The number of hydrogen-bond donors (Lipinski definition) is 0. The summed E-state index contributed by atoms with van der Waals surface area (Å²) in [6.45, 7) is 11.8. The molecule has 0 spiro atoms. The summed E-state index contributed by atoms with van der Waals surface area (Å²) < 4.78 is 7.38. The summed E-state index contributed by atoms with van der Waals surface area (Å²) in [5, 5.41) is 0. The lowest BCUT2D eigenvalue weighted by molar-refractivity contribution is -0.137. The van der Waals surface area contributed by atoms with E-state index in [0.29, 0.717) is 6.61 Å². The number of carbonyl (C=O) groups is 1. The van der Waals surface area contributed by atoms with Crippen molar-refractivity contribution in [3.63, 3.8) is 0 Å². The summed E-state index contributed by atoms with van der Waals surface area (Å²) in [6, 6.07) is 1.15. The second kappa shape index (κ2) is 6.79. The van der Waals surface area contributed by atoms with Crippen LogP contribution < -0.4 is 0 Å². The number of esters is 1. The van der Waals surface area contributed by atoms with Gasteiger partial charge in [-0.05, 0) is 26.1 Å². The molecule has 0 atom stereocenters. The number of hydrogen-bond acceptors (Lipinski definition) is 3. The molecule has 15 heavy (non-hydrogen) atoms. The Hall–Kier alpha value is -0.613. The fraction of sp³-hybridized carbons (Fsp3) is 0.727. The van der Waals surface area contributed by atoms with Crippen LogP contribution in [-0.2, 0) is 9.53 Å². The van der Waals surface area contributed by atoms with Gasteiger partial charge >= 0.3 is 5.97 Å². The molecular weight excluding hydrogens is 206 g/mol. The quantitative estimate of drug-likeness (QED) is 0.290. The molecule has 0 rings (SSSR count). The first kappa shape index (κ1) is 14.4. The Kier molecular flexibility index (Phi) is 6.52. The van der Waals surface area contributed by atoms with Gasteiger partial charge in [-0.25, -0.2) is 4.79 Å². The second-order valence-corrected chi connectivity index (χ2v) is 9.19. The number of carbonyl (C=O) groups excluding carboxylic acids is 1. The van der Waals surface area contributed by atoms with Crippen molar-refractivity contribution in [3.05, 3.63) is 12.7 Å².